The molecule has 0 bridgehead atoms. The molecule has 0 aliphatic heterocycles. The maximum Gasteiger partial charge on any atom is 0.352 e. The van der Waals surface area contributed by atoms with E-state index in [0.717, 1.165) is 6.07 Å². The summed E-state index contributed by atoms with van der Waals surface area (Å²) in [6.07, 6.45) is 0. The van der Waals surface area contributed by atoms with Crippen LogP contribution in [0.5, 0.6) is 0 Å². The minimum atomic E-state index is -1.25. The Bertz CT molecular complexity index is 676. The average Bonchev–Trinajstić information content (AvgIpc) is 2.70. The second kappa shape index (κ2) is 5.12. The van der Waals surface area contributed by atoms with E-state index in [2.05, 4.69) is 0 Å². The van der Waals surface area contributed by atoms with E-state index >= 15 is 0 Å². The summed E-state index contributed by atoms with van der Waals surface area (Å²) in [5.41, 5.74) is 0.488. The topological polar surface area (TPSA) is 85.4 Å². The normalized spacial score (nSPS) is 10.5. The van der Waals surface area contributed by atoms with Crippen molar-refractivity contribution in [2.75, 3.05) is 0 Å². The molecule has 0 saturated heterocycles. The lowest BCUT2D eigenvalue weighted by atomic mass is 10.2. The van der Waals surface area contributed by atoms with E-state index in [1.165, 1.54) is 35.8 Å². The highest BCUT2D eigenvalue weighted by molar-refractivity contribution is 5.87. The molecule has 0 aliphatic rings. The summed E-state index contributed by atoms with van der Waals surface area (Å²) in [7, 11) is 0. The van der Waals surface area contributed by atoms with Crippen LogP contribution in [0.2, 0.25) is 0 Å². The summed E-state index contributed by atoms with van der Waals surface area (Å²) in [6.45, 7) is 1.61. The second-order valence-corrected chi connectivity index (χ2v) is 4.28. The predicted octanol–water partition coefficient (Wildman–Crippen LogP) is 2.59. The lowest BCUT2D eigenvalue weighted by Crippen LogP contribution is -2.10. The van der Waals surface area contributed by atoms with Crippen LogP contribution in [0.3, 0.4) is 0 Å². The van der Waals surface area contributed by atoms with Gasteiger partial charge in [-0.25, -0.2) is 9.18 Å². The number of benzene rings is 1. The molecule has 20 heavy (non-hydrogen) atoms. The monoisotopic (exact) mass is 278 g/mol. The Morgan fingerprint density at radius 2 is 2.00 bits per heavy atom. The van der Waals surface area contributed by atoms with Gasteiger partial charge in [0.25, 0.3) is 5.69 Å². The molecule has 2 aromatic rings. The van der Waals surface area contributed by atoms with Gasteiger partial charge < -0.3 is 9.67 Å². The fourth-order valence-electron chi connectivity index (χ4n) is 1.97. The molecule has 0 atom stereocenters. The van der Waals surface area contributed by atoms with Gasteiger partial charge in [0.1, 0.15) is 11.5 Å². The van der Waals surface area contributed by atoms with E-state index in [9.17, 15) is 19.3 Å². The van der Waals surface area contributed by atoms with Gasteiger partial charge in [-0.3, -0.25) is 10.1 Å². The Balaban J connectivity index is 2.46. The molecule has 1 N–H and O–H groups in total. The number of carboxylic acid groups (broad SMARTS) is 1. The van der Waals surface area contributed by atoms with E-state index in [4.69, 9.17) is 5.11 Å². The number of aromatic nitrogens is 1. The lowest BCUT2D eigenvalue weighted by molar-refractivity contribution is -0.385. The number of nitrogens with zero attached hydrogens (tertiary/aromatic N) is 2. The summed E-state index contributed by atoms with van der Waals surface area (Å²) in [4.78, 5) is 21.4. The SMILES string of the molecule is Cc1c([N+](=O)[O-])cc(C(=O)O)n1Cc1ccc(F)cc1. The van der Waals surface area contributed by atoms with Crippen molar-refractivity contribution in [2.24, 2.45) is 0 Å². The molecule has 0 fully saturated rings. The zero-order chi connectivity index (χ0) is 14.9. The average molecular weight is 278 g/mol. The smallest absolute Gasteiger partial charge is 0.352 e. The Labute approximate surface area is 113 Å². The van der Waals surface area contributed by atoms with Gasteiger partial charge in [0, 0.05) is 12.6 Å². The fraction of sp³-hybridized carbons (Fsp3) is 0.154. The summed E-state index contributed by atoms with van der Waals surface area (Å²) in [6, 6.07) is 6.55. The van der Waals surface area contributed by atoms with Crippen LogP contribution in [-0.2, 0) is 6.54 Å². The van der Waals surface area contributed by atoms with Gasteiger partial charge in [-0.05, 0) is 24.6 Å². The van der Waals surface area contributed by atoms with Crippen molar-refractivity contribution in [1.82, 2.24) is 4.57 Å². The number of aromatic carboxylic acids is 1. The van der Waals surface area contributed by atoms with Gasteiger partial charge in [-0.15, -0.1) is 0 Å². The van der Waals surface area contributed by atoms with E-state index < -0.39 is 16.7 Å². The Hall–Kier alpha value is -2.70. The molecule has 0 saturated carbocycles. The number of hydrogen-bond acceptors (Lipinski definition) is 3. The van der Waals surface area contributed by atoms with E-state index in [1.54, 1.807) is 0 Å². The predicted molar refractivity (Wildman–Crippen MR) is 68.3 cm³/mol. The molecular formula is C13H11FN2O4. The molecule has 1 heterocycles. The van der Waals surface area contributed by atoms with E-state index in [-0.39, 0.29) is 23.6 Å². The highest BCUT2D eigenvalue weighted by atomic mass is 19.1. The first-order chi connectivity index (χ1) is 9.40. The molecule has 0 aliphatic carbocycles. The maximum atomic E-state index is 12.8. The van der Waals surface area contributed by atoms with Crippen LogP contribution < -0.4 is 0 Å². The molecule has 0 amide bonds. The van der Waals surface area contributed by atoms with Crippen LogP contribution in [0.1, 0.15) is 21.7 Å². The first-order valence-electron chi connectivity index (χ1n) is 5.72. The molecule has 1 aromatic carbocycles. The van der Waals surface area contributed by atoms with Gasteiger partial charge in [0.15, 0.2) is 0 Å². The molecule has 6 nitrogen and oxygen atoms in total. The summed E-state index contributed by atoms with van der Waals surface area (Å²) < 4.78 is 14.2. The third-order valence-corrected chi connectivity index (χ3v) is 3.01. The first-order valence-corrected chi connectivity index (χ1v) is 5.72. The minimum absolute atomic E-state index is 0.127. The van der Waals surface area contributed by atoms with Gasteiger partial charge in [0.2, 0.25) is 0 Å². The van der Waals surface area contributed by atoms with Crippen molar-refractivity contribution in [3.8, 4) is 0 Å². The van der Waals surface area contributed by atoms with Gasteiger partial charge in [-0.2, -0.15) is 0 Å². The van der Waals surface area contributed by atoms with Gasteiger partial charge in [-0.1, -0.05) is 12.1 Å². The molecular weight excluding hydrogens is 267 g/mol. The molecule has 1 aromatic heterocycles. The zero-order valence-corrected chi connectivity index (χ0v) is 10.5. The van der Waals surface area contributed by atoms with Crippen molar-refractivity contribution in [2.45, 2.75) is 13.5 Å². The highest BCUT2D eigenvalue weighted by Crippen LogP contribution is 2.24. The third kappa shape index (κ3) is 2.51. The number of halogens is 1. The Morgan fingerprint density at radius 1 is 1.40 bits per heavy atom. The molecule has 0 spiro atoms. The second-order valence-electron chi connectivity index (χ2n) is 4.28. The highest BCUT2D eigenvalue weighted by Gasteiger charge is 2.23. The van der Waals surface area contributed by atoms with Crippen molar-refractivity contribution >= 4 is 11.7 Å². The number of rotatable bonds is 4. The quantitative estimate of drug-likeness (QED) is 0.688. The first kappa shape index (κ1) is 13.7. The Kier molecular flexibility index (Phi) is 3.51. The molecule has 7 heteroatoms. The number of carbonyl (C=O) groups is 1. The van der Waals surface area contributed by atoms with Crippen molar-refractivity contribution in [3.63, 3.8) is 0 Å². The zero-order valence-electron chi connectivity index (χ0n) is 10.5. The largest absolute Gasteiger partial charge is 0.477 e. The van der Waals surface area contributed by atoms with Crippen LogP contribution in [-0.4, -0.2) is 20.6 Å². The third-order valence-electron chi connectivity index (χ3n) is 3.01. The van der Waals surface area contributed by atoms with Crippen LogP contribution in [0, 0.1) is 22.9 Å². The fourth-order valence-corrected chi connectivity index (χ4v) is 1.97. The number of hydrogen-bond donors (Lipinski definition) is 1. The van der Waals surface area contributed by atoms with E-state index in [1.807, 2.05) is 0 Å². The lowest BCUT2D eigenvalue weighted by Gasteiger charge is -2.08. The summed E-state index contributed by atoms with van der Waals surface area (Å²) in [5.74, 6) is -1.65. The van der Waals surface area contributed by atoms with Gasteiger partial charge in [0.05, 0.1) is 10.6 Å². The summed E-state index contributed by atoms with van der Waals surface area (Å²) in [5, 5.41) is 20.0. The number of nitro groups is 1. The van der Waals surface area contributed by atoms with Crippen molar-refractivity contribution in [3.05, 3.63) is 63.2 Å². The molecule has 104 valence electrons. The standard InChI is InChI=1S/C13H11FN2O4/c1-8-11(16(19)20)6-12(13(17)18)15(8)7-9-2-4-10(14)5-3-9/h2-6H,7H2,1H3,(H,17,18). The minimum Gasteiger partial charge on any atom is -0.477 e. The number of carboxylic acids is 1. The van der Waals surface area contributed by atoms with E-state index in [0.29, 0.717) is 5.56 Å². The molecule has 0 unspecified atom stereocenters. The maximum absolute atomic E-state index is 12.8. The molecule has 2 rings (SSSR count). The van der Waals surface area contributed by atoms with Crippen molar-refractivity contribution < 1.29 is 19.2 Å². The van der Waals surface area contributed by atoms with Crippen LogP contribution in [0.4, 0.5) is 10.1 Å². The van der Waals surface area contributed by atoms with Crippen molar-refractivity contribution in [1.29, 1.82) is 0 Å². The Morgan fingerprint density at radius 3 is 2.50 bits per heavy atom. The molecule has 0 radical (unpaired) electrons. The van der Waals surface area contributed by atoms with Crippen LogP contribution in [0.15, 0.2) is 30.3 Å². The van der Waals surface area contributed by atoms with Crippen LogP contribution in [0.25, 0.3) is 0 Å². The summed E-state index contributed by atoms with van der Waals surface area (Å²) >= 11 is 0. The van der Waals surface area contributed by atoms with Gasteiger partial charge >= 0.3 is 5.97 Å². The van der Waals surface area contributed by atoms with Crippen LogP contribution >= 0.6 is 0 Å².